The van der Waals surface area contributed by atoms with Crippen molar-refractivity contribution >= 4 is 17.3 Å². The van der Waals surface area contributed by atoms with Crippen LogP contribution in [0, 0.1) is 25.5 Å². The van der Waals surface area contributed by atoms with Crippen LogP contribution in [0.3, 0.4) is 0 Å². The molecule has 0 unspecified atom stereocenters. The van der Waals surface area contributed by atoms with E-state index in [1.807, 2.05) is 0 Å². The van der Waals surface area contributed by atoms with Gasteiger partial charge in [0.15, 0.2) is 0 Å². The van der Waals surface area contributed by atoms with Crippen molar-refractivity contribution in [1.29, 1.82) is 0 Å². The molecule has 3 aromatic rings. The van der Waals surface area contributed by atoms with E-state index in [1.54, 1.807) is 6.92 Å². The molecule has 0 bridgehead atoms. The van der Waals surface area contributed by atoms with Crippen LogP contribution in [0.2, 0.25) is 0 Å². The highest BCUT2D eigenvalue weighted by molar-refractivity contribution is 5.59. The fourth-order valence-electron chi connectivity index (χ4n) is 2.13. The average molecular weight is 339 g/mol. The summed E-state index contributed by atoms with van der Waals surface area (Å²) >= 11 is 0. The first-order chi connectivity index (χ1) is 11.1. The number of anilines is 2. The number of halogens is 4. The van der Waals surface area contributed by atoms with Crippen molar-refractivity contribution in [3.05, 3.63) is 46.9 Å². The van der Waals surface area contributed by atoms with E-state index in [1.165, 1.54) is 13.0 Å². The molecule has 0 aliphatic carbocycles. The molecule has 0 amide bonds. The first-order valence-corrected chi connectivity index (χ1v) is 7.00. The summed E-state index contributed by atoms with van der Waals surface area (Å²) in [4.78, 5) is 7.73. The van der Waals surface area contributed by atoms with Crippen LogP contribution in [0.25, 0.3) is 5.78 Å². The Bertz CT molecular complexity index is 906. The molecule has 0 fully saturated rings. The average Bonchev–Trinajstić information content (AvgIpc) is 2.88. The van der Waals surface area contributed by atoms with Gasteiger partial charge in [0.2, 0.25) is 5.82 Å². The summed E-state index contributed by atoms with van der Waals surface area (Å²) in [5.74, 6) is -5.20. The lowest BCUT2D eigenvalue weighted by Crippen LogP contribution is -2.10. The number of fused-ring (bicyclic) bond motifs is 1. The minimum Gasteiger partial charge on any atom is -0.340 e. The summed E-state index contributed by atoms with van der Waals surface area (Å²) in [5.41, 5.74) is 0.490. The fraction of sp³-hybridized carbons (Fsp3) is 0.267. The number of benzene rings is 1. The van der Waals surface area contributed by atoms with Crippen LogP contribution in [0.15, 0.2) is 18.2 Å². The molecule has 24 heavy (non-hydrogen) atoms. The maximum Gasteiger partial charge on any atom is 0.305 e. The zero-order valence-corrected chi connectivity index (χ0v) is 13.0. The number of hydrogen-bond acceptors (Lipinski definition) is 4. The lowest BCUT2D eigenvalue weighted by atomic mass is 10.2. The Morgan fingerprint density at radius 2 is 1.67 bits per heavy atom. The first-order valence-electron chi connectivity index (χ1n) is 7.00. The molecule has 5 nitrogen and oxygen atoms in total. The summed E-state index contributed by atoms with van der Waals surface area (Å²) in [5, 5.41) is 6.48. The number of aromatic nitrogens is 4. The van der Waals surface area contributed by atoms with Crippen LogP contribution < -0.4 is 5.32 Å². The Morgan fingerprint density at radius 3 is 2.25 bits per heavy atom. The van der Waals surface area contributed by atoms with Gasteiger partial charge in [0.25, 0.3) is 5.78 Å². The second-order valence-electron chi connectivity index (χ2n) is 5.51. The number of nitrogens with zero attached hydrogens (tertiary/aromatic N) is 4. The lowest BCUT2D eigenvalue weighted by molar-refractivity contribution is 0.00800. The molecule has 2 aromatic heterocycles. The summed E-state index contributed by atoms with van der Waals surface area (Å²) < 4.78 is 55.2. The molecule has 1 aromatic carbocycles. The van der Waals surface area contributed by atoms with Gasteiger partial charge < -0.3 is 5.32 Å². The Labute approximate surface area is 134 Å². The Morgan fingerprint density at radius 1 is 1.04 bits per heavy atom. The highest BCUT2D eigenvalue weighted by Crippen LogP contribution is 2.26. The first kappa shape index (κ1) is 16.2. The molecule has 9 heteroatoms. The van der Waals surface area contributed by atoms with Crippen molar-refractivity contribution in [1.82, 2.24) is 19.6 Å². The zero-order chi connectivity index (χ0) is 17.6. The van der Waals surface area contributed by atoms with Gasteiger partial charge in [-0.1, -0.05) is 0 Å². The van der Waals surface area contributed by atoms with E-state index in [0.29, 0.717) is 12.6 Å². The number of alkyl halides is 2. The third-order valence-electron chi connectivity index (χ3n) is 3.39. The standard InChI is InChI=1S/C15H13F4N5/c1-7-4-12(21-9-5-10(16)8(2)11(17)6-9)24-14(20-7)22-13(23-24)15(3,18)19/h4-6,21H,1-3H3. The number of aryl methyl sites for hydroxylation is 1. The summed E-state index contributed by atoms with van der Waals surface area (Å²) in [6.07, 6.45) is 0. The molecular formula is C15H13F4N5. The van der Waals surface area contributed by atoms with Crippen LogP contribution in [0.1, 0.15) is 24.0 Å². The van der Waals surface area contributed by atoms with Gasteiger partial charge in [-0.2, -0.15) is 18.3 Å². The predicted octanol–water partition coefficient (Wildman–Crippen LogP) is 3.87. The van der Waals surface area contributed by atoms with E-state index in [4.69, 9.17) is 0 Å². The van der Waals surface area contributed by atoms with Crippen LogP contribution in [-0.2, 0) is 5.92 Å². The van der Waals surface area contributed by atoms with E-state index < -0.39 is 23.4 Å². The Balaban J connectivity index is 2.10. The SMILES string of the molecule is Cc1cc(Nc2cc(F)c(C)c(F)c2)n2nc(C(C)(F)F)nc2n1. The molecule has 0 atom stereocenters. The molecular weight excluding hydrogens is 326 g/mol. The van der Waals surface area contributed by atoms with Crippen molar-refractivity contribution in [2.75, 3.05) is 5.32 Å². The molecule has 0 radical (unpaired) electrons. The van der Waals surface area contributed by atoms with Gasteiger partial charge in [-0.25, -0.2) is 13.8 Å². The third kappa shape index (κ3) is 2.89. The number of hydrogen-bond donors (Lipinski definition) is 1. The van der Waals surface area contributed by atoms with Gasteiger partial charge in [-0.3, -0.25) is 0 Å². The Hall–Kier alpha value is -2.71. The van der Waals surface area contributed by atoms with Gasteiger partial charge in [-0.15, -0.1) is 5.10 Å². The van der Waals surface area contributed by atoms with Gasteiger partial charge in [-0.05, 0) is 26.0 Å². The molecule has 0 saturated heterocycles. The van der Waals surface area contributed by atoms with Crippen molar-refractivity contribution < 1.29 is 17.6 Å². The van der Waals surface area contributed by atoms with Gasteiger partial charge in [0, 0.05) is 29.9 Å². The molecule has 0 aliphatic rings. The number of nitrogens with one attached hydrogen (secondary N) is 1. The van der Waals surface area contributed by atoms with E-state index in [-0.39, 0.29) is 22.8 Å². The monoisotopic (exact) mass is 339 g/mol. The maximum atomic E-state index is 13.7. The molecule has 1 N–H and O–H groups in total. The van der Waals surface area contributed by atoms with Crippen LogP contribution in [0.5, 0.6) is 0 Å². The third-order valence-corrected chi connectivity index (χ3v) is 3.39. The lowest BCUT2D eigenvalue weighted by Gasteiger charge is -2.10. The maximum absolute atomic E-state index is 13.7. The van der Waals surface area contributed by atoms with Crippen molar-refractivity contribution in [3.63, 3.8) is 0 Å². The highest BCUT2D eigenvalue weighted by atomic mass is 19.3. The number of rotatable bonds is 3. The van der Waals surface area contributed by atoms with E-state index in [9.17, 15) is 17.6 Å². The molecule has 0 spiro atoms. The quantitative estimate of drug-likeness (QED) is 0.736. The van der Waals surface area contributed by atoms with Crippen LogP contribution in [-0.4, -0.2) is 19.6 Å². The van der Waals surface area contributed by atoms with Crippen molar-refractivity contribution in [3.8, 4) is 0 Å². The van der Waals surface area contributed by atoms with E-state index in [0.717, 1.165) is 16.6 Å². The zero-order valence-electron chi connectivity index (χ0n) is 13.0. The molecule has 126 valence electrons. The Kier molecular flexibility index (Phi) is 3.66. The largest absolute Gasteiger partial charge is 0.340 e. The summed E-state index contributed by atoms with van der Waals surface area (Å²) in [6, 6.07) is 3.72. The van der Waals surface area contributed by atoms with Crippen LogP contribution >= 0.6 is 0 Å². The van der Waals surface area contributed by atoms with E-state index >= 15 is 0 Å². The summed E-state index contributed by atoms with van der Waals surface area (Å²) in [6.45, 7) is 3.63. The molecule has 3 rings (SSSR count). The smallest absolute Gasteiger partial charge is 0.305 e. The minimum absolute atomic E-state index is 0.0397. The van der Waals surface area contributed by atoms with E-state index in [2.05, 4.69) is 20.4 Å². The highest BCUT2D eigenvalue weighted by Gasteiger charge is 2.30. The predicted molar refractivity (Wildman–Crippen MR) is 79.5 cm³/mol. The van der Waals surface area contributed by atoms with Gasteiger partial charge >= 0.3 is 5.92 Å². The van der Waals surface area contributed by atoms with Gasteiger partial charge in [0.05, 0.1) is 0 Å². The second-order valence-corrected chi connectivity index (χ2v) is 5.51. The molecule has 2 heterocycles. The topological polar surface area (TPSA) is 55.1 Å². The van der Waals surface area contributed by atoms with Gasteiger partial charge in [0.1, 0.15) is 17.5 Å². The summed E-state index contributed by atoms with van der Waals surface area (Å²) in [7, 11) is 0. The minimum atomic E-state index is -3.24. The second kappa shape index (κ2) is 5.43. The van der Waals surface area contributed by atoms with Crippen molar-refractivity contribution in [2.45, 2.75) is 26.7 Å². The fourth-order valence-corrected chi connectivity index (χ4v) is 2.13. The van der Waals surface area contributed by atoms with Crippen LogP contribution in [0.4, 0.5) is 29.1 Å². The van der Waals surface area contributed by atoms with Crippen molar-refractivity contribution in [2.24, 2.45) is 0 Å². The molecule has 0 aliphatic heterocycles. The normalized spacial score (nSPS) is 12.0. The molecule has 0 saturated carbocycles.